The molecule has 0 saturated carbocycles. The van der Waals surface area contributed by atoms with Gasteiger partial charge < -0.3 is 15.2 Å². The Hall–Kier alpha value is -2.62. The summed E-state index contributed by atoms with van der Waals surface area (Å²) in [6.45, 7) is 3.59. The number of rotatable bonds is 2. The summed E-state index contributed by atoms with van der Waals surface area (Å²) in [5.74, 6) is 0.829. The quantitative estimate of drug-likeness (QED) is 0.750. The van der Waals surface area contributed by atoms with Gasteiger partial charge in [-0.3, -0.25) is 0 Å². The van der Waals surface area contributed by atoms with Gasteiger partial charge >= 0.3 is 0 Å². The highest BCUT2D eigenvalue weighted by Crippen LogP contribution is 2.30. The fourth-order valence-electron chi connectivity index (χ4n) is 2.96. The summed E-state index contributed by atoms with van der Waals surface area (Å²) in [7, 11) is 0. The largest absolute Gasteiger partial charge is 0.354 e. The average molecular weight is 339 g/mol. The molecule has 0 aliphatic carbocycles. The van der Waals surface area contributed by atoms with E-state index in [2.05, 4.69) is 26.3 Å². The van der Waals surface area contributed by atoms with Crippen LogP contribution < -0.4 is 10.2 Å². The van der Waals surface area contributed by atoms with E-state index in [0.717, 1.165) is 54.3 Å². The molecule has 1 fully saturated rings. The minimum absolute atomic E-state index is 0.571. The molecule has 0 atom stereocenters. The minimum Gasteiger partial charge on any atom is -0.354 e. The lowest BCUT2D eigenvalue weighted by molar-refractivity contribution is 0.585. The molecule has 0 spiro atoms. The number of halogens is 1. The maximum Gasteiger partial charge on any atom is 0.138 e. The van der Waals surface area contributed by atoms with E-state index in [4.69, 9.17) is 16.6 Å². The van der Waals surface area contributed by atoms with E-state index < -0.39 is 0 Å². The van der Waals surface area contributed by atoms with Crippen LogP contribution in [-0.4, -0.2) is 41.1 Å². The van der Waals surface area contributed by atoms with Crippen molar-refractivity contribution in [1.29, 1.82) is 5.26 Å². The Morgan fingerprint density at radius 2 is 2.04 bits per heavy atom. The molecular weight excluding hydrogens is 324 g/mol. The van der Waals surface area contributed by atoms with Crippen molar-refractivity contribution in [2.24, 2.45) is 0 Å². The standard InChI is InChI=1S/C17H15ClN6/c18-12-7-13-14(10-22-17(13)21-9-12)15-5-11(8-19)6-16(23-15)24-3-1-20-2-4-24/h5-7,9-10,20H,1-4H2,(H,21,22). The lowest BCUT2D eigenvalue weighted by Gasteiger charge is -2.28. The first-order valence-corrected chi connectivity index (χ1v) is 8.13. The van der Waals surface area contributed by atoms with Crippen LogP contribution in [0.3, 0.4) is 0 Å². The van der Waals surface area contributed by atoms with Crippen LogP contribution in [0.5, 0.6) is 0 Å². The van der Waals surface area contributed by atoms with Gasteiger partial charge in [0.2, 0.25) is 0 Å². The van der Waals surface area contributed by atoms with Gasteiger partial charge in [0, 0.05) is 49.5 Å². The first-order chi connectivity index (χ1) is 11.7. The van der Waals surface area contributed by atoms with Crippen molar-refractivity contribution < 1.29 is 0 Å². The SMILES string of the molecule is N#Cc1cc(-c2c[nH]c3ncc(Cl)cc23)nc(N2CCNCC2)c1. The Morgan fingerprint density at radius 1 is 1.21 bits per heavy atom. The molecule has 1 aliphatic heterocycles. The summed E-state index contributed by atoms with van der Waals surface area (Å²) in [5.41, 5.74) is 2.99. The maximum absolute atomic E-state index is 9.39. The van der Waals surface area contributed by atoms with E-state index in [0.29, 0.717) is 10.6 Å². The van der Waals surface area contributed by atoms with E-state index in [-0.39, 0.29) is 0 Å². The van der Waals surface area contributed by atoms with Gasteiger partial charge in [0.25, 0.3) is 0 Å². The fourth-order valence-corrected chi connectivity index (χ4v) is 3.12. The lowest BCUT2D eigenvalue weighted by atomic mass is 10.1. The topological polar surface area (TPSA) is 80.6 Å². The summed E-state index contributed by atoms with van der Waals surface area (Å²) >= 11 is 6.08. The number of nitriles is 1. The van der Waals surface area contributed by atoms with E-state index >= 15 is 0 Å². The van der Waals surface area contributed by atoms with Crippen molar-refractivity contribution >= 4 is 28.5 Å². The molecule has 3 aromatic heterocycles. The zero-order chi connectivity index (χ0) is 16.5. The van der Waals surface area contributed by atoms with Crippen LogP contribution in [0.25, 0.3) is 22.3 Å². The van der Waals surface area contributed by atoms with Gasteiger partial charge in [-0.05, 0) is 18.2 Å². The van der Waals surface area contributed by atoms with Gasteiger partial charge in [-0.2, -0.15) is 5.26 Å². The highest BCUT2D eigenvalue weighted by atomic mass is 35.5. The molecule has 0 radical (unpaired) electrons. The summed E-state index contributed by atoms with van der Waals surface area (Å²) < 4.78 is 0. The molecule has 1 aliphatic rings. The fraction of sp³-hybridized carbons (Fsp3) is 0.235. The van der Waals surface area contributed by atoms with E-state index in [1.165, 1.54) is 0 Å². The molecule has 6 nitrogen and oxygen atoms in total. The molecule has 0 bridgehead atoms. The van der Waals surface area contributed by atoms with Crippen molar-refractivity contribution in [1.82, 2.24) is 20.3 Å². The van der Waals surface area contributed by atoms with Gasteiger partial charge in [0.1, 0.15) is 11.5 Å². The van der Waals surface area contributed by atoms with Crippen LogP contribution in [0.1, 0.15) is 5.56 Å². The second-order valence-corrected chi connectivity index (χ2v) is 6.14. The third-order valence-electron chi connectivity index (χ3n) is 4.16. The molecule has 0 unspecified atom stereocenters. The number of pyridine rings is 2. The number of piperazine rings is 1. The highest BCUT2D eigenvalue weighted by molar-refractivity contribution is 6.31. The van der Waals surface area contributed by atoms with Crippen molar-refractivity contribution in [3.05, 3.63) is 41.2 Å². The van der Waals surface area contributed by atoms with Gasteiger partial charge in [-0.15, -0.1) is 0 Å². The number of H-pyrrole nitrogens is 1. The van der Waals surface area contributed by atoms with Crippen molar-refractivity contribution in [3.8, 4) is 17.3 Å². The van der Waals surface area contributed by atoms with E-state index in [1.807, 2.05) is 18.3 Å². The molecule has 3 aromatic rings. The summed E-state index contributed by atoms with van der Waals surface area (Å²) in [4.78, 5) is 14.4. The molecule has 2 N–H and O–H groups in total. The predicted octanol–water partition coefficient (Wildman–Crippen LogP) is 2.56. The maximum atomic E-state index is 9.39. The number of anilines is 1. The second-order valence-electron chi connectivity index (χ2n) is 5.70. The molecule has 24 heavy (non-hydrogen) atoms. The third kappa shape index (κ3) is 2.68. The van der Waals surface area contributed by atoms with Crippen LogP contribution >= 0.6 is 11.6 Å². The lowest BCUT2D eigenvalue weighted by Crippen LogP contribution is -2.43. The number of nitrogens with one attached hydrogen (secondary N) is 2. The normalized spacial score (nSPS) is 14.8. The summed E-state index contributed by atoms with van der Waals surface area (Å²) in [6.07, 6.45) is 3.47. The Morgan fingerprint density at radius 3 is 2.83 bits per heavy atom. The first kappa shape index (κ1) is 14.9. The number of nitrogens with zero attached hydrogens (tertiary/aromatic N) is 4. The molecule has 0 aromatic carbocycles. The van der Waals surface area contributed by atoms with Crippen LogP contribution in [0.15, 0.2) is 30.6 Å². The van der Waals surface area contributed by atoms with Crippen LogP contribution in [-0.2, 0) is 0 Å². The smallest absolute Gasteiger partial charge is 0.138 e. The van der Waals surface area contributed by atoms with Gasteiger partial charge in [0.15, 0.2) is 0 Å². The molecular formula is C17H15ClN6. The molecule has 0 amide bonds. The number of fused-ring (bicyclic) bond motifs is 1. The van der Waals surface area contributed by atoms with E-state index in [9.17, 15) is 5.26 Å². The molecule has 4 rings (SSSR count). The Labute approximate surface area is 144 Å². The zero-order valence-electron chi connectivity index (χ0n) is 12.9. The van der Waals surface area contributed by atoms with Crippen LogP contribution in [0.2, 0.25) is 5.02 Å². The predicted molar refractivity (Wildman–Crippen MR) is 94.1 cm³/mol. The molecule has 120 valence electrons. The average Bonchev–Trinajstić information content (AvgIpc) is 3.05. The second kappa shape index (κ2) is 6.11. The number of aromatic amines is 1. The summed E-state index contributed by atoms with van der Waals surface area (Å²) in [6, 6.07) is 7.74. The molecule has 7 heteroatoms. The third-order valence-corrected chi connectivity index (χ3v) is 4.36. The van der Waals surface area contributed by atoms with Crippen molar-refractivity contribution in [2.45, 2.75) is 0 Å². The number of hydrogen-bond acceptors (Lipinski definition) is 5. The monoisotopic (exact) mass is 338 g/mol. The molecule has 1 saturated heterocycles. The van der Waals surface area contributed by atoms with Gasteiger partial charge in [-0.1, -0.05) is 11.6 Å². The Balaban J connectivity index is 1.84. The van der Waals surface area contributed by atoms with Crippen molar-refractivity contribution in [2.75, 3.05) is 31.1 Å². The number of hydrogen-bond donors (Lipinski definition) is 2. The van der Waals surface area contributed by atoms with Gasteiger partial charge in [-0.25, -0.2) is 9.97 Å². The first-order valence-electron chi connectivity index (χ1n) is 7.75. The Bertz CT molecular complexity index is 936. The van der Waals surface area contributed by atoms with Crippen LogP contribution in [0, 0.1) is 11.3 Å². The van der Waals surface area contributed by atoms with Crippen molar-refractivity contribution in [3.63, 3.8) is 0 Å². The summed E-state index contributed by atoms with van der Waals surface area (Å²) in [5, 5.41) is 14.2. The zero-order valence-corrected chi connectivity index (χ0v) is 13.6. The van der Waals surface area contributed by atoms with E-state index in [1.54, 1.807) is 12.3 Å². The van der Waals surface area contributed by atoms with Crippen LogP contribution in [0.4, 0.5) is 5.82 Å². The minimum atomic E-state index is 0.571. The van der Waals surface area contributed by atoms with Gasteiger partial charge in [0.05, 0.1) is 22.3 Å². The number of aromatic nitrogens is 3. The Kier molecular flexibility index (Phi) is 3.81. The molecule has 4 heterocycles. The highest BCUT2D eigenvalue weighted by Gasteiger charge is 2.16.